The molecule has 168 valence electrons. The van der Waals surface area contributed by atoms with Crippen molar-refractivity contribution < 1.29 is 13.2 Å². The number of nitrogens with zero attached hydrogens (tertiary/aromatic N) is 6. The molecule has 1 N–H and O–H groups in total. The Hall–Kier alpha value is -3.57. The van der Waals surface area contributed by atoms with Crippen molar-refractivity contribution in [2.75, 3.05) is 17.1 Å². The van der Waals surface area contributed by atoms with E-state index < -0.39 is 16.1 Å². The van der Waals surface area contributed by atoms with Crippen molar-refractivity contribution >= 4 is 27.6 Å². The molecular weight excluding hydrogens is 466 g/mol. The van der Waals surface area contributed by atoms with E-state index in [1.54, 1.807) is 17.0 Å². The number of aromatic nitrogens is 6. The number of anilines is 1. The molecule has 5 rings (SSSR count). The molecule has 0 bridgehead atoms. The predicted octanol–water partition coefficient (Wildman–Crippen LogP) is 2.75. The van der Waals surface area contributed by atoms with Gasteiger partial charge >= 0.3 is 0 Å². The summed E-state index contributed by atoms with van der Waals surface area (Å²) in [6.07, 6.45) is 6.36. The van der Waals surface area contributed by atoms with Crippen molar-refractivity contribution in [2.45, 2.75) is 12.5 Å². The Balaban J connectivity index is 1.49. The van der Waals surface area contributed by atoms with Crippen LogP contribution in [-0.4, -0.2) is 50.5 Å². The van der Waals surface area contributed by atoms with Gasteiger partial charge in [0.15, 0.2) is 5.82 Å². The van der Waals surface area contributed by atoms with Gasteiger partial charge in [0.25, 0.3) is 0 Å². The first-order chi connectivity index (χ1) is 16.0. The lowest BCUT2D eigenvalue weighted by Crippen LogP contribution is -2.24. The van der Waals surface area contributed by atoms with Gasteiger partial charge in [0.2, 0.25) is 16.0 Å². The van der Waals surface area contributed by atoms with Crippen LogP contribution in [0, 0.1) is 0 Å². The van der Waals surface area contributed by atoms with E-state index in [9.17, 15) is 8.42 Å². The molecule has 0 saturated carbocycles. The minimum Gasteiger partial charge on any atom is -0.490 e. The van der Waals surface area contributed by atoms with Crippen molar-refractivity contribution in [2.24, 2.45) is 0 Å². The zero-order chi connectivity index (χ0) is 22.8. The molecule has 1 aliphatic heterocycles. The number of sulfonamides is 1. The van der Waals surface area contributed by atoms with Crippen LogP contribution in [0.3, 0.4) is 0 Å². The van der Waals surface area contributed by atoms with Gasteiger partial charge in [-0.05, 0) is 23.8 Å². The molecule has 0 aliphatic carbocycles. The zero-order valence-corrected chi connectivity index (χ0v) is 18.7. The molecule has 0 spiro atoms. The summed E-state index contributed by atoms with van der Waals surface area (Å²) >= 11 is 5.79. The van der Waals surface area contributed by atoms with Crippen molar-refractivity contribution in [1.29, 1.82) is 0 Å². The van der Waals surface area contributed by atoms with Crippen LogP contribution >= 0.6 is 11.6 Å². The Morgan fingerprint density at radius 1 is 1.09 bits per heavy atom. The van der Waals surface area contributed by atoms with E-state index in [0.717, 1.165) is 11.1 Å². The van der Waals surface area contributed by atoms with Gasteiger partial charge in [-0.3, -0.25) is 14.3 Å². The third-order valence-corrected chi connectivity index (χ3v) is 6.55. The second kappa shape index (κ2) is 8.75. The van der Waals surface area contributed by atoms with E-state index >= 15 is 0 Å². The summed E-state index contributed by atoms with van der Waals surface area (Å²) in [5.41, 5.74) is 1.55. The lowest BCUT2D eigenvalue weighted by atomic mass is 10.1. The average Bonchev–Trinajstić information content (AvgIpc) is 3.14. The van der Waals surface area contributed by atoms with Crippen LogP contribution in [0.25, 0.3) is 11.4 Å². The molecule has 10 nitrogen and oxygen atoms in total. The van der Waals surface area contributed by atoms with Crippen LogP contribution in [0.15, 0.2) is 61.2 Å². The summed E-state index contributed by atoms with van der Waals surface area (Å²) in [5.74, 6) is 1.38. The van der Waals surface area contributed by atoms with E-state index in [-0.39, 0.29) is 24.7 Å². The summed E-state index contributed by atoms with van der Waals surface area (Å²) < 4.78 is 36.1. The number of rotatable bonds is 6. The van der Waals surface area contributed by atoms with Gasteiger partial charge in [0.1, 0.15) is 18.2 Å². The molecule has 0 unspecified atom stereocenters. The van der Waals surface area contributed by atoms with Gasteiger partial charge in [0.05, 0.1) is 22.4 Å². The molecular formula is C21H18ClN7O3S. The number of hydrogen-bond acceptors (Lipinski definition) is 8. The highest BCUT2D eigenvalue weighted by atomic mass is 35.5. The SMILES string of the molecule is O=S(=O)(CCc1ncc(Cl)cn1)Nc1nnc2n1[C@H](c1cccnc1)COc1ccccc1-2. The first-order valence-electron chi connectivity index (χ1n) is 10.0. The number of nitrogens with one attached hydrogen (secondary N) is 1. The van der Waals surface area contributed by atoms with Crippen LogP contribution in [-0.2, 0) is 16.4 Å². The van der Waals surface area contributed by atoms with Crippen LogP contribution in [0.4, 0.5) is 5.95 Å². The fraction of sp³-hybridized carbons (Fsp3) is 0.190. The van der Waals surface area contributed by atoms with E-state index in [1.807, 2.05) is 36.4 Å². The van der Waals surface area contributed by atoms with E-state index in [0.29, 0.717) is 22.4 Å². The Morgan fingerprint density at radius 2 is 1.91 bits per heavy atom. The number of fused-ring (bicyclic) bond motifs is 3. The molecule has 1 aromatic carbocycles. The van der Waals surface area contributed by atoms with Crippen molar-refractivity contribution in [3.63, 3.8) is 0 Å². The number of para-hydroxylation sites is 1. The van der Waals surface area contributed by atoms with Gasteiger partial charge in [-0.2, -0.15) is 0 Å². The first kappa shape index (κ1) is 21.3. The van der Waals surface area contributed by atoms with Gasteiger partial charge in [0, 0.05) is 31.2 Å². The number of ether oxygens (including phenoxy) is 1. The summed E-state index contributed by atoms with van der Waals surface area (Å²) in [5, 5.41) is 8.84. The fourth-order valence-corrected chi connectivity index (χ4v) is 4.63. The van der Waals surface area contributed by atoms with E-state index in [4.69, 9.17) is 16.3 Å². The summed E-state index contributed by atoms with van der Waals surface area (Å²) in [7, 11) is -3.78. The number of hydrogen-bond donors (Lipinski definition) is 1. The van der Waals surface area contributed by atoms with E-state index in [2.05, 4.69) is 29.9 Å². The summed E-state index contributed by atoms with van der Waals surface area (Å²) in [6, 6.07) is 10.7. The van der Waals surface area contributed by atoms with Crippen molar-refractivity contribution in [3.8, 4) is 17.1 Å². The minimum atomic E-state index is -3.78. The number of aryl methyl sites for hydroxylation is 1. The van der Waals surface area contributed by atoms with Crippen molar-refractivity contribution in [3.05, 3.63) is 77.6 Å². The predicted molar refractivity (Wildman–Crippen MR) is 121 cm³/mol. The molecule has 33 heavy (non-hydrogen) atoms. The first-order valence-corrected chi connectivity index (χ1v) is 12.1. The quantitative estimate of drug-likeness (QED) is 0.443. The lowest BCUT2D eigenvalue weighted by molar-refractivity contribution is 0.281. The fourth-order valence-electron chi connectivity index (χ4n) is 3.56. The molecule has 3 aromatic heterocycles. The molecule has 0 fully saturated rings. The summed E-state index contributed by atoms with van der Waals surface area (Å²) in [4.78, 5) is 12.3. The van der Waals surface area contributed by atoms with Crippen LogP contribution < -0.4 is 9.46 Å². The normalized spacial score (nSPS) is 15.1. The Labute approximate surface area is 194 Å². The standard InChI is InChI=1S/C21H18ClN7O3S/c22-15-11-24-19(25-12-15)7-9-33(30,31)28-21-27-26-20-16-5-1-2-6-18(16)32-13-17(29(20)21)14-4-3-8-23-10-14/h1-6,8,10-12,17H,7,9,13H2,(H,27,28)/t17-/m0/s1. The monoisotopic (exact) mass is 483 g/mol. The molecule has 12 heteroatoms. The van der Waals surface area contributed by atoms with E-state index in [1.165, 1.54) is 12.4 Å². The van der Waals surface area contributed by atoms with Gasteiger partial charge in [-0.25, -0.2) is 18.4 Å². The maximum atomic E-state index is 12.9. The summed E-state index contributed by atoms with van der Waals surface area (Å²) in [6.45, 7) is 0.251. The molecule has 4 aromatic rings. The van der Waals surface area contributed by atoms with Crippen molar-refractivity contribution in [1.82, 2.24) is 29.7 Å². The lowest BCUT2D eigenvalue weighted by Gasteiger charge is -2.20. The average molecular weight is 484 g/mol. The number of benzene rings is 1. The Bertz CT molecular complexity index is 1380. The highest BCUT2D eigenvalue weighted by Crippen LogP contribution is 2.37. The molecule has 1 atom stereocenters. The molecule has 0 amide bonds. The number of halogens is 1. The van der Waals surface area contributed by atoms with Crippen LogP contribution in [0.2, 0.25) is 5.02 Å². The van der Waals surface area contributed by atoms with Crippen LogP contribution in [0.1, 0.15) is 17.4 Å². The third-order valence-electron chi connectivity index (χ3n) is 5.12. The Morgan fingerprint density at radius 3 is 2.70 bits per heavy atom. The maximum absolute atomic E-state index is 12.9. The van der Waals surface area contributed by atoms with Gasteiger partial charge < -0.3 is 4.74 Å². The largest absolute Gasteiger partial charge is 0.490 e. The zero-order valence-electron chi connectivity index (χ0n) is 17.2. The third kappa shape index (κ3) is 4.50. The van der Waals surface area contributed by atoms with Gasteiger partial charge in [-0.1, -0.05) is 29.8 Å². The smallest absolute Gasteiger partial charge is 0.239 e. The number of pyridine rings is 1. The molecule has 0 saturated heterocycles. The van der Waals surface area contributed by atoms with Gasteiger partial charge in [-0.15, -0.1) is 10.2 Å². The Kier molecular flexibility index (Phi) is 5.65. The highest BCUT2D eigenvalue weighted by molar-refractivity contribution is 7.92. The van der Waals surface area contributed by atoms with Crippen LogP contribution in [0.5, 0.6) is 5.75 Å². The highest BCUT2D eigenvalue weighted by Gasteiger charge is 2.30. The molecule has 0 radical (unpaired) electrons. The second-order valence-electron chi connectivity index (χ2n) is 7.31. The minimum absolute atomic E-state index is 0.0937. The maximum Gasteiger partial charge on any atom is 0.239 e. The molecule has 1 aliphatic rings. The topological polar surface area (TPSA) is 125 Å². The second-order valence-corrected chi connectivity index (χ2v) is 9.59. The molecule has 4 heterocycles.